The van der Waals surface area contributed by atoms with Crippen molar-refractivity contribution in [3.8, 4) is 6.01 Å². The van der Waals surface area contributed by atoms with Gasteiger partial charge in [-0.15, -0.1) is 0 Å². The Hall–Kier alpha value is -3.25. The van der Waals surface area contributed by atoms with Crippen LogP contribution in [0.2, 0.25) is 0 Å². The first kappa shape index (κ1) is 32.7. The maximum atomic E-state index is 14.2. The molecule has 3 fully saturated rings. The Bertz CT molecular complexity index is 1610. The maximum Gasteiger partial charge on any atom is 0.303 e. The molecule has 6 rings (SSSR count). The van der Waals surface area contributed by atoms with Crippen molar-refractivity contribution in [3.63, 3.8) is 0 Å². The quantitative estimate of drug-likeness (QED) is 0.453. The molecular formula is C34H47N5O6S. The molecule has 2 amide bonds. The van der Waals surface area contributed by atoms with Crippen LogP contribution < -0.4 is 9.46 Å². The highest BCUT2D eigenvalue weighted by molar-refractivity contribution is 7.87. The van der Waals surface area contributed by atoms with Gasteiger partial charge in [-0.1, -0.05) is 56.9 Å². The fourth-order valence-electron chi connectivity index (χ4n) is 7.63. The summed E-state index contributed by atoms with van der Waals surface area (Å²) in [6.45, 7) is 2.18. The van der Waals surface area contributed by atoms with Crippen LogP contribution in [-0.2, 0) is 24.6 Å². The number of nitrogens with zero attached hydrogens (tertiary/aromatic N) is 4. The van der Waals surface area contributed by atoms with E-state index in [1.165, 1.54) is 14.1 Å². The fourth-order valence-corrected chi connectivity index (χ4v) is 8.25. The molecule has 0 unspecified atom stereocenters. The van der Waals surface area contributed by atoms with Gasteiger partial charge in [0.15, 0.2) is 5.78 Å². The van der Waals surface area contributed by atoms with E-state index in [1.807, 2.05) is 37.3 Å². The summed E-state index contributed by atoms with van der Waals surface area (Å²) in [5.74, 6) is -1.49. The Morgan fingerprint density at radius 3 is 2.57 bits per heavy atom. The summed E-state index contributed by atoms with van der Waals surface area (Å²) < 4.78 is 37.1. The van der Waals surface area contributed by atoms with E-state index >= 15 is 0 Å². The van der Waals surface area contributed by atoms with Crippen LogP contribution in [0.5, 0.6) is 6.01 Å². The number of imidazole rings is 1. The normalized spacial score (nSPS) is 30.5. The van der Waals surface area contributed by atoms with Crippen molar-refractivity contribution in [2.75, 3.05) is 20.6 Å². The number of para-hydroxylation sites is 2. The zero-order valence-corrected chi connectivity index (χ0v) is 28.0. The Morgan fingerprint density at radius 1 is 1.07 bits per heavy atom. The number of nitrogens with one attached hydrogen (secondary N) is 1. The van der Waals surface area contributed by atoms with E-state index in [4.69, 9.17) is 9.72 Å². The molecule has 5 atom stereocenters. The van der Waals surface area contributed by atoms with Gasteiger partial charge in [0, 0.05) is 38.9 Å². The van der Waals surface area contributed by atoms with Crippen molar-refractivity contribution in [3.05, 3.63) is 36.4 Å². The second-order valence-electron chi connectivity index (χ2n) is 14.0. The number of carbonyl (C=O) groups is 3. The van der Waals surface area contributed by atoms with Gasteiger partial charge in [0.25, 0.3) is 6.01 Å². The average Bonchev–Trinajstić information content (AvgIpc) is 3.41. The molecule has 250 valence electrons. The number of fused-ring (bicyclic) bond motifs is 3. The Kier molecular flexibility index (Phi) is 9.31. The van der Waals surface area contributed by atoms with Crippen LogP contribution in [0.4, 0.5) is 0 Å². The number of aromatic nitrogens is 2. The number of allylic oxidation sites excluding steroid dienone is 2. The molecule has 12 heteroatoms. The number of ketones is 1. The zero-order valence-electron chi connectivity index (χ0n) is 27.2. The molecular weight excluding hydrogens is 606 g/mol. The van der Waals surface area contributed by atoms with Crippen LogP contribution in [0.25, 0.3) is 11.0 Å². The molecule has 2 saturated carbocycles. The third-order valence-corrected chi connectivity index (χ3v) is 11.9. The monoisotopic (exact) mass is 653 g/mol. The van der Waals surface area contributed by atoms with Gasteiger partial charge in [0.1, 0.15) is 6.10 Å². The van der Waals surface area contributed by atoms with Gasteiger partial charge in [-0.25, -0.2) is 4.72 Å². The standard InChI is InChI=1S/C34H47N5O6S/c1-23-13-7-5-4-6-8-14-24-20-34(24,32(42)36-46(43,44)37(2)3)21-30(40)29-19-26(22-38(29)31(23)41)45-33-35-27-17-11-12-18-28(27)39(33)25-15-9-10-16-25/h8,11-12,14,17-18,23-26,29H,4-7,9-10,13,15-16,19-22H2,1-3H3,(H,36,42)/b14-8-/t23-,24+,26+,29-,34+/m0/s1. The van der Waals surface area contributed by atoms with Crippen molar-refractivity contribution in [1.82, 2.24) is 23.5 Å². The Morgan fingerprint density at radius 2 is 1.80 bits per heavy atom. The van der Waals surface area contributed by atoms with Crippen molar-refractivity contribution in [2.24, 2.45) is 17.3 Å². The summed E-state index contributed by atoms with van der Waals surface area (Å²) in [6, 6.07) is 8.03. The van der Waals surface area contributed by atoms with E-state index in [-0.39, 0.29) is 42.5 Å². The van der Waals surface area contributed by atoms with Crippen LogP contribution in [-0.4, -0.2) is 77.6 Å². The summed E-state index contributed by atoms with van der Waals surface area (Å²) in [5.41, 5.74) is 0.699. The smallest absolute Gasteiger partial charge is 0.303 e. The molecule has 0 radical (unpaired) electrons. The SMILES string of the molecule is C[C@H]1CCCCC/C=C\[C@@H]2C[C@@]2(C(=O)NS(=O)(=O)N(C)C)CC(=O)[C@@H]2C[C@@H](Oc3nc4ccccc4n3C3CCCC3)CN2C1=O. The van der Waals surface area contributed by atoms with Gasteiger partial charge in [-0.2, -0.15) is 17.7 Å². The second-order valence-corrected chi connectivity index (χ2v) is 15.9. The largest absolute Gasteiger partial charge is 0.459 e. The number of amides is 2. The topological polar surface area (TPSA) is 131 Å². The molecule has 3 heterocycles. The molecule has 1 saturated heterocycles. The van der Waals surface area contributed by atoms with E-state index < -0.39 is 33.7 Å². The summed E-state index contributed by atoms with van der Waals surface area (Å²) in [7, 11) is -1.33. The lowest BCUT2D eigenvalue weighted by Gasteiger charge is -2.28. The minimum Gasteiger partial charge on any atom is -0.459 e. The van der Waals surface area contributed by atoms with Gasteiger partial charge >= 0.3 is 10.2 Å². The molecule has 2 aromatic rings. The predicted molar refractivity (Wildman–Crippen MR) is 174 cm³/mol. The summed E-state index contributed by atoms with van der Waals surface area (Å²) in [6.07, 6.45) is 12.9. The molecule has 4 aliphatic rings. The minimum absolute atomic E-state index is 0.0808. The van der Waals surface area contributed by atoms with E-state index in [9.17, 15) is 22.8 Å². The Labute approximate surface area is 271 Å². The first-order valence-electron chi connectivity index (χ1n) is 16.9. The van der Waals surface area contributed by atoms with Gasteiger partial charge < -0.3 is 9.64 Å². The summed E-state index contributed by atoms with van der Waals surface area (Å²) >= 11 is 0. The van der Waals surface area contributed by atoms with Crippen LogP contribution in [0.15, 0.2) is 36.4 Å². The highest BCUT2D eigenvalue weighted by Gasteiger charge is 2.61. The van der Waals surface area contributed by atoms with Crippen molar-refractivity contribution < 1.29 is 27.5 Å². The van der Waals surface area contributed by atoms with E-state index in [2.05, 4.69) is 15.4 Å². The Balaban J connectivity index is 1.29. The number of carbonyl (C=O) groups excluding carboxylic acids is 3. The van der Waals surface area contributed by atoms with Gasteiger partial charge in [-0.3, -0.25) is 19.0 Å². The molecule has 0 bridgehead atoms. The average molecular weight is 654 g/mol. The van der Waals surface area contributed by atoms with E-state index in [0.717, 1.165) is 73.1 Å². The number of hydrogen-bond acceptors (Lipinski definition) is 7. The lowest BCUT2D eigenvalue weighted by Crippen LogP contribution is -2.47. The minimum atomic E-state index is -4.04. The second kappa shape index (κ2) is 13.1. The summed E-state index contributed by atoms with van der Waals surface area (Å²) in [5, 5.41) is 0. The van der Waals surface area contributed by atoms with Crippen LogP contribution in [0, 0.1) is 17.3 Å². The van der Waals surface area contributed by atoms with E-state index in [1.54, 1.807) is 4.90 Å². The predicted octanol–water partition coefficient (Wildman–Crippen LogP) is 4.54. The molecule has 2 aliphatic heterocycles. The maximum absolute atomic E-state index is 14.2. The molecule has 1 N–H and O–H groups in total. The van der Waals surface area contributed by atoms with Gasteiger partial charge in [-0.05, 0) is 56.6 Å². The third kappa shape index (κ3) is 6.47. The first-order valence-corrected chi connectivity index (χ1v) is 18.3. The number of benzene rings is 1. The van der Waals surface area contributed by atoms with Crippen molar-refractivity contribution >= 4 is 38.8 Å². The van der Waals surface area contributed by atoms with Crippen LogP contribution in [0.3, 0.4) is 0 Å². The lowest BCUT2D eigenvalue weighted by atomic mass is 9.91. The van der Waals surface area contributed by atoms with Crippen molar-refractivity contribution in [1.29, 1.82) is 0 Å². The van der Waals surface area contributed by atoms with Gasteiger partial charge in [0.2, 0.25) is 11.8 Å². The zero-order chi connectivity index (χ0) is 32.6. The highest BCUT2D eigenvalue weighted by Crippen LogP contribution is 2.57. The fraction of sp³-hybridized carbons (Fsp3) is 0.647. The van der Waals surface area contributed by atoms with Crippen LogP contribution in [0.1, 0.15) is 90.0 Å². The van der Waals surface area contributed by atoms with E-state index in [0.29, 0.717) is 18.9 Å². The molecule has 1 aromatic carbocycles. The molecule has 1 aromatic heterocycles. The van der Waals surface area contributed by atoms with Gasteiger partial charge in [0.05, 0.1) is 29.0 Å². The van der Waals surface area contributed by atoms with Crippen LogP contribution >= 0.6 is 0 Å². The third-order valence-electron chi connectivity index (χ3n) is 10.5. The number of hydrogen-bond donors (Lipinski definition) is 1. The molecule has 46 heavy (non-hydrogen) atoms. The molecule has 0 spiro atoms. The number of ether oxygens (including phenoxy) is 1. The molecule has 11 nitrogen and oxygen atoms in total. The number of rotatable bonds is 6. The summed E-state index contributed by atoms with van der Waals surface area (Å²) in [4.78, 5) is 48.2. The first-order chi connectivity index (χ1) is 22.0. The highest BCUT2D eigenvalue weighted by atomic mass is 32.2. The lowest BCUT2D eigenvalue weighted by molar-refractivity contribution is -0.141. The van der Waals surface area contributed by atoms with Crippen molar-refractivity contribution in [2.45, 2.75) is 102 Å². The number of Topliss-reactive ketones (excluding diaryl/α,β-unsaturated/α-hetero) is 1. The molecule has 2 aliphatic carbocycles.